The van der Waals surface area contributed by atoms with Crippen molar-refractivity contribution in [1.82, 2.24) is 10.6 Å². The maximum Gasteiger partial charge on any atom is 0.335 e. The minimum absolute atomic E-state index is 0.0938. The normalized spacial score (nSPS) is 15.6. The Balaban J connectivity index is 1.72. The minimum Gasteiger partial charge on any atom is -0.478 e. The molecule has 1 aliphatic heterocycles. The average Bonchev–Trinajstić information content (AvgIpc) is 2.48. The molecule has 1 aliphatic rings. The SMILES string of the molecule is O=C(CC1CCNCC1)NCCc1cccc(C(=O)O)c1. The number of aromatic carboxylic acids is 1. The Morgan fingerprint density at radius 3 is 2.76 bits per heavy atom. The highest BCUT2D eigenvalue weighted by molar-refractivity contribution is 5.87. The summed E-state index contributed by atoms with van der Waals surface area (Å²) in [5.41, 5.74) is 1.21. The molecular weight excluding hydrogens is 268 g/mol. The van der Waals surface area contributed by atoms with E-state index in [-0.39, 0.29) is 11.5 Å². The molecule has 5 nitrogen and oxygen atoms in total. The van der Waals surface area contributed by atoms with E-state index in [0.717, 1.165) is 31.5 Å². The minimum atomic E-state index is -0.924. The van der Waals surface area contributed by atoms with E-state index in [1.54, 1.807) is 18.2 Å². The molecule has 0 bridgehead atoms. The van der Waals surface area contributed by atoms with Gasteiger partial charge in [0.05, 0.1) is 5.56 Å². The molecule has 1 saturated heterocycles. The molecule has 0 aliphatic carbocycles. The predicted octanol–water partition coefficient (Wildman–Crippen LogP) is 1.43. The van der Waals surface area contributed by atoms with Crippen LogP contribution in [0.2, 0.25) is 0 Å². The summed E-state index contributed by atoms with van der Waals surface area (Å²) in [6.45, 7) is 2.55. The van der Waals surface area contributed by atoms with Gasteiger partial charge in [0.15, 0.2) is 0 Å². The van der Waals surface area contributed by atoms with Crippen molar-refractivity contribution in [2.45, 2.75) is 25.7 Å². The first-order valence-electron chi connectivity index (χ1n) is 7.45. The highest BCUT2D eigenvalue weighted by Gasteiger charge is 2.16. The van der Waals surface area contributed by atoms with Gasteiger partial charge in [-0.15, -0.1) is 0 Å². The van der Waals surface area contributed by atoms with Crippen molar-refractivity contribution in [3.05, 3.63) is 35.4 Å². The summed E-state index contributed by atoms with van der Waals surface area (Å²) in [6, 6.07) is 6.84. The molecule has 1 aromatic carbocycles. The zero-order valence-electron chi connectivity index (χ0n) is 12.1. The second kappa shape index (κ2) is 7.78. The first-order chi connectivity index (χ1) is 10.1. The Hall–Kier alpha value is -1.88. The van der Waals surface area contributed by atoms with E-state index in [9.17, 15) is 9.59 Å². The molecule has 0 aromatic heterocycles. The zero-order chi connectivity index (χ0) is 15.1. The van der Waals surface area contributed by atoms with Crippen LogP contribution in [0.4, 0.5) is 0 Å². The van der Waals surface area contributed by atoms with Crippen molar-refractivity contribution in [1.29, 1.82) is 0 Å². The van der Waals surface area contributed by atoms with Crippen LogP contribution >= 0.6 is 0 Å². The van der Waals surface area contributed by atoms with Gasteiger partial charge < -0.3 is 15.7 Å². The average molecular weight is 290 g/mol. The molecule has 3 N–H and O–H groups in total. The van der Waals surface area contributed by atoms with Crippen LogP contribution in [0.5, 0.6) is 0 Å². The van der Waals surface area contributed by atoms with Crippen molar-refractivity contribution < 1.29 is 14.7 Å². The summed E-state index contributed by atoms with van der Waals surface area (Å²) in [5.74, 6) is -0.343. The monoisotopic (exact) mass is 290 g/mol. The largest absolute Gasteiger partial charge is 0.478 e. The molecule has 21 heavy (non-hydrogen) atoms. The van der Waals surface area contributed by atoms with E-state index in [2.05, 4.69) is 10.6 Å². The van der Waals surface area contributed by atoms with Gasteiger partial charge in [-0.25, -0.2) is 4.79 Å². The van der Waals surface area contributed by atoms with E-state index >= 15 is 0 Å². The molecule has 0 radical (unpaired) electrons. The predicted molar refractivity (Wildman–Crippen MR) is 80.3 cm³/mol. The summed E-state index contributed by atoms with van der Waals surface area (Å²) >= 11 is 0. The molecule has 0 unspecified atom stereocenters. The second-order valence-corrected chi connectivity index (χ2v) is 5.50. The number of carboxylic acids is 1. The Morgan fingerprint density at radius 1 is 1.29 bits per heavy atom. The number of carboxylic acid groups (broad SMARTS) is 1. The Kier molecular flexibility index (Phi) is 5.75. The van der Waals surface area contributed by atoms with Crippen molar-refractivity contribution in [3.63, 3.8) is 0 Å². The summed E-state index contributed by atoms with van der Waals surface area (Å²) in [7, 11) is 0. The van der Waals surface area contributed by atoms with Gasteiger partial charge in [0, 0.05) is 13.0 Å². The topological polar surface area (TPSA) is 78.4 Å². The van der Waals surface area contributed by atoms with Crippen LogP contribution in [0.25, 0.3) is 0 Å². The molecule has 1 heterocycles. The first kappa shape index (κ1) is 15.5. The number of carbonyl (C=O) groups is 2. The van der Waals surface area contributed by atoms with Gasteiger partial charge in [-0.05, 0) is 56.0 Å². The Bertz CT molecular complexity index is 496. The van der Waals surface area contributed by atoms with Crippen molar-refractivity contribution in [3.8, 4) is 0 Å². The molecule has 0 spiro atoms. The molecule has 114 valence electrons. The zero-order valence-corrected chi connectivity index (χ0v) is 12.1. The third-order valence-electron chi connectivity index (χ3n) is 3.84. The third kappa shape index (κ3) is 5.19. The summed E-state index contributed by atoms with van der Waals surface area (Å²) in [6.07, 6.45) is 3.37. The van der Waals surface area contributed by atoms with Crippen LogP contribution in [0, 0.1) is 5.92 Å². The highest BCUT2D eigenvalue weighted by atomic mass is 16.4. The van der Waals surface area contributed by atoms with Gasteiger partial charge >= 0.3 is 5.97 Å². The van der Waals surface area contributed by atoms with Gasteiger partial charge in [-0.2, -0.15) is 0 Å². The fraction of sp³-hybridized carbons (Fsp3) is 0.500. The molecule has 1 amide bonds. The lowest BCUT2D eigenvalue weighted by Gasteiger charge is -2.21. The molecule has 5 heteroatoms. The lowest BCUT2D eigenvalue weighted by Crippen LogP contribution is -2.33. The van der Waals surface area contributed by atoms with Gasteiger partial charge in [-0.3, -0.25) is 4.79 Å². The fourth-order valence-corrected chi connectivity index (χ4v) is 2.63. The van der Waals surface area contributed by atoms with Crippen LogP contribution in [0.15, 0.2) is 24.3 Å². The van der Waals surface area contributed by atoms with E-state index in [4.69, 9.17) is 5.11 Å². The number of piperidine rings is 1. The summed E-state index contributed by atoms with van der Waals surface area (Å²) < 4.78 is 0. The Morgan fingerprint density at radius 2 is 2.05 bits per heavy atom. The number of rotatable bonds is 6. The lowest BCUT2D eigenvalue weighted by molar-refractivity contribution is -0.122. The Labute approximate surface area is 124 Å². The number of amides is 1. The van der Waals surface area contributed by atoms with Crippen molar-refractivity contribution in [2.24, 2.45) is 5.92 Å². The van der Waals surface area contributed by atoms with Crippen LogP contribution in [-0.4, -0.2) is 36.6 Å². The van der Waals surface area contributed by atoms with E-state index in [1.807, 2.05) is 6.07 Å². The van der Waals surface area contributed by atoms with Gasteiger partial charge in [0.2, 0.25) is 5.91 Å². The first-order valence-corrected chi connectivity index (χ1v) is 7.45. The molecule has 0 atom stereocenters. The summed E-state index contributed by atoms with van der Waals surface area (Å²) in [5, 5.41) is 15.1. The van der Waals surface area contributed by atoms with Crippen molar-refractivity contribution in [2.75, 3.05) is 19.6 Å². The second-order valence-electron chi connectivity index (χ2n) is 5.50. The number of benzene rings is 1. The van der Waals surface area contributed by atoms with Gasteiger partial charge in [0.1, 0.15) is 0 Å². The quantitative estimate of drug-likeness (QED) is 0.740. The van der Waals surface area contributed by atoms with E-state index in [0.29, 0.717) is 25.3 Å². The number of hydrogen-bond donors (Lipinski definition) is 3. The molecule has 1 aromatic rings. The van der Waals surface area contributed by atoms with E-state index in [1.165, 1.54) is 0 Å². The number of hydrogen-bond acceptors (Lipinski definition) is 3. The van der Waals surface area contributed by atoms with Crippen LogP contribution in [0.1, 0.15) is 35.2 Å². The van der Waals surface area contributed by atoms with Crippen LogP contribution in [0.3, 0.4) is 0 Å². The molecule has 1 fully saturated rings. The standard InChI is InChI=1S/C16H22N2O3/c19-15(11-13-4-7-17-8-5-13)18-9-6-12-2-1-3-14(10-12)16(20)21/h1-3,10,13,17H,4-9,11H2,(H,18,19)(H,20,21). The van der Waals surface area contributed by atoms with Gasteiger partial charge in [0.25, 0.3) is 0 Å². The van der Waals surface area contributed by atoms with Crippen LogP contribution in [-0.2, 0) is 11.2 Å². The smallest absolute Gasteiger partial charge is 0.335 e. The van der Waals surface area contributed by atoms with Crippen LogP contribution < -0.4 is 10.6 Å². The number of carbonyl (C=O) groups excluding carboxylic acids is 1. The lowest BCUT2D eigenvalue weighted by atomic mass is 9.94. The fourth-order valence-electron chi connectivity index (χ4n) is 2.63. The van der Waals surface area contributed by atoms with E-state index < -0.39 is 5.97 Å². The molecule has 0 saturated carbocycles. The third-order valence-corrected chi connectivity index (χ3v) is 3.84. The molecule has 2 rings (SSSR count). The van der Waals surface area contributed by atoms with Gasteiger partial charge in [-0.1, -0.05) is 12.1 Å². The van der Waals surface area contributed by atoms with Crippen molar-refractivity contribution >= 4 is 11.9 Å². The maximum absolute atomic E-state index is 11.9. The highest BCUT2D eigenvalue weighted by Crippen LogP contribution is 2.15. The molecular formula is C16H22N2O3. The summed E-state index contributed by atoms with van der Waals surface area (Å²) in [4.78, 5) is 22.7. The number of nitrogens with one attached hydrogen (secondary N) is 2. The maximum atomic E-state index is 11.9.